The van der Waals surface area contributed by atoms with Crippen molar-refractivity contribution < 1.29 is 19.1 Å². The number of rotatable bonds is 9. The summed E-state index contributed by atoms with van der Waals surface area (Å²) in [6.07, 6.45) is 6.10. The molecule has 2 heterocycles. The van der Waals surface area contributed by atoms with E-state index in [2.05, 4.69) is 10.3 Å². The number of ether oxygens (including phenoxy) is 2. The highest BCUT2D eigenvalue weighted by Crippen LogP contribution is 2.17. The Labute approximate surface area is 173 Å². The molecule has 7 nitrogen and oxygen atoms in total. The molecule has 3 rings (SSSR count). The topological polar surface area (TPSA) is 81.9 Å². The van der Waals surface area contributed by atoms with Gasteiger partial charge in [0.05, 0.1) is 18.4 Å². The zero-order valence-corrected chi connectivity index (χ0v) is 17.1. The number of hydrogen-bond donors (Lipinski definition) is 1. The molecule has 0 saturated carbocycles. The van der Waals surface area contributed by atoms with Gasteiger partial charge in [-0.15, -0.1) is 0 Å². The van der Waals surface area contributed by atoms with Crippen LogP contribution < -0.4 is 10.1 Å². The Hall–Kier alpha value is -3.00. The molecule has 0 bridgehead atoms. The molecule has 0 unspecified atom stereocenters. The lowest BCUT2D eigenvalue weighted by atomic mass is 10.1. The van der Waals surface area contributed by atoms with Crippen molar-refractivity contribution in [3.63, 3.8) is 0 Å². The third-order valence-corrected chi connectivity index (χ3v) is 4.97. The first-order valence-electron chi connectivity index (χ1n) is 9.14. The molecule has 0 spiro atoms. The van der Waals surface area contributed by atoms with E-state index in [1.54, 1.807) is 36.0 Å². The summed E-state index contributed by atoms with van der Waals surface area (Å²) in [6.45, 7) is 0.0425. The molecular weight excluding hydrogens is 390 g/mol. The van der Waals surface area contributed by atoms with Crippen LogP contribution in [-0.4, -0.2) is 46.4 Å². The summed E-state index contributed by atoms with van der Waals surface area (Å²) in [6, 6.07) is 11.8. The van der Waals surface area contributed by atoms with Gasteiger partial charge in [-0.2, -0.15) is 11.8 Å². The maximum atomic E-state index is 12.7. The fourth-order valence-corrected chi connectivity index (χ4v) is 3.33. The standard InChI is InChI=1S/C21H23N3O4S/c1-27-18-8-4-3-7-16(18)20(25)23-17(10-12-29-2)21(26)28-14-15-13-24-11-6-5-9-19(24)22-15/h3-9,11,13,17H,10,12,14H2,1-2H3,(H,23,25)/t17-/m1/s1. The largest absolute Gasteiger partial charge is 0.496 e. The molecule has 29 heavy (non-hydrogen) atoms. The van der Waals surface area contributed by atoms with E-state index < -0.39 is 12.0 Å². The number of benzene rings is 1. The Morgan fingerprint density at radius 1 is 1.21 bits per heavy atom. The number of imidazole rings is 1. The van der Waals surface area contributed by atoms with Crippen molar-refractivity contribution in [1.29, 1.82) is 0 Å². The number of pyridine rings is 1. The third kappa shape index (κ3) is 5.29. The lowest BCUT2D eigenvalue weighted by Gasteiger charge is -2.18. The molecule has 1 aromatic carbocycles. The summed E-state index contributed by atoms with van der Waals surface area (Å²) in [5.74, 6) is 0.296. The lowest BCUT2D eigenvalue weighted by molar-refractivity contribution is -0.147. The predicted octanol–water partition coefficient (Wildman–Crippen LogP) is 2.94. The van der Waals surface area contributed by atoms with E-state index in [4.69, 9.17) is 9.47 Å². The van der Waals surface area contributed by atoms with Crippen LogP contribution in [-0.2, 0) is 16.1 Å². The number of nitrogens with one attached hydrogen (secondary N) is 1. The average molecular weight is 413 g/mol. The number of fused-ring (bicyclic) bond motifs is 1. The van der Waals surface area contributed by atoms with Gasteiger partial charge in [0.15, 0.2) is 0 Å². The number of thioether (sulfide) groups is 1. The first-order chi connectivity index (χ1) is 14.1. The summed E-state index contributed by atoms with van der Waals surface area (Å²) >= 11 is 1.60. The second kappa shape index (κ2) is 9.97. The SMILES string of the molecule is COc1ccccc1C(=O)N[C@H](CCSC)C(=O)OCc1cn2ccccc2n1. The highest BCUT2D eigenvalue weighted by atomic mass is 32.2. The quantitative estimate of drug-likeness (QED) is 0.543. The molecule has 0 aliphatic heterocycles. The van der Waals surface area contributed by atoms with Crippen LogP contribution in [0.4, 0.5) is 0 Å². The van der Waals surface area contributed by atoms with E-state index in [-0.39, 0.29) is 12.5 Å². The number of amides is 1. The Morgan fingerprint density at radius 3 is 2.76 bits per heavy atom. The van der Waals surface area contributed by atoms with Crippen molar-refractivity contribution in [2.45, 2.75) is 19.1 Å². The highest BCUT2D eigenvalue weighted by molar-refractivity contribution is 7.98. The Balaban J connectivity index is 1.66. The second-order valence-electron chi connectivity index (χ2n) is 6.31. The van der Waals surface area contributed by atoms with Crippen molar-refractivity contribution in [2.75, 3.05) is 19.1 Å². The lowest BCUT2D eigenvalue weighted by Crippen LogP contribution is -2.42. The molecule has 0 saturated heterocycles. The summed E-state index contributed by atoms with van der Waals surface area (Å²) < 4.78 is 12.5. The Bertz CT molecular complexity index is 956. The fourth-order valence-electron chi connectivity index (χ4n) is 2.86. The van der Waals surface area contributed by atoms with Crippen molar-refractivity contribution in [1.82, 2.24) is 14.7 Å². The molecule has 0 aliphatic carbocycles. The minimum Gasteiger partial charge on any atom is -0.496 e. The fraction of sp³-hybridized carbons (Fsp3) is 0.286. The number of para-hydroxylation sites is 1. The van der Waals surface area contributed by atoms with Crippen molar-refractivity contribution in [3.05, 3.63) is 66.1 Å². The maximum Gasteiger partial charge on any atom is 0.329 e. The van der Waals surface area contributed by atoms with Crippen LogP contribution in [0.2, 0.25) is 0 Å². The summed E-state index contributed by atoms with van der Waals surface area (Å²) in [5.41, 5.74) is 1.79. The number of nitrogens with zero attached hydrogens (tertiary/aromatic N) is 2. The molecule has 8 heteroatoms. The van der Waals surface area contributed by atoms with Crippen LogP contribution in [0.1, 0.15) is 22.5 Å². The van der Waals surface area contributed by atoms with Crippen molar-refractivity contribution in [2.24, 2.45) is 0 Å². The molecule has 0 fully saturated rings. The second-order valence-corrected chi connectivity index (χ2v) is 7.30. The van der Waals surface area contributed by atoms with Gasteiger partial charge in [-0.25, -0.2) is 9.78 Å². The molecule has 1 amide bonds. The van der Waals surface area contributed by atoms with Crippen LogP contribution in [0.5, 0.6) is 5.75 Å². The predicted molar refractivity (Wildman–Crippen MR) is 112 cm³/mol. The van der Waals surface area contributed by atoms with Gasteiger partial charge in [0.1, 0.15) is 24.0 Å². The first-order valence-corrected chi connectivity index (χ1v) is 10.5. The molecule has 152 valence electrons. The van der Waals surface area contributed by atoms with E-state index in [1.165, 1.54) is 7.11 Å². The Morgan fingerprint density at radius 2 is 2.00 bits per heavy atom. The zero-order valence-electron chi connectivity index (χ0n) is 16.3. The Kier molecular flexibility index (Phi) is 7.13. The number of esters is 1. The monoisotopic (exact) mass is 413 g/mol. The van der Waals surface area contributed by atoms with E-state index >= 15 is 0 Å². The van der Waals surface area contributed by atoms with Gasteiger partial charge in [-0.1, -0.05) is 18.2 Å². The molecule has 2 aromatic heterocycles. The molecule has 1 N–H and O–H groups in total. The molecule has 3 aromatic rings. The normalized spacial score (nSPS) is 11.8. The van der Waals surface area contributed by atoms with Crippen LogP contribution in [0, 0.1) is 0 Å². The van der Waals surface area contributed by atoms with Gasteiger partial charge in [-0.3, -0.25) is 4.79 Å². The number of carbonyl (C=O) groups excluding carboxylic acids is 2. The van der Waals surface area contributed by atoms with E-state index in [9.17, 15) is 9.59 Å². The van der Waals surface area contributed by atoms with E-state index in [0.29, 0.717) is 29.2 Å². The van der Waals surface area contributed by atoms with Gasteiger partial charge in [0.25, 0.3) is 5.91 Å². The smallest absolute Gasteiger partial charge is 0.329 e. The molecule has 0 radical (unpaired) electrons. The molecule has 0 aliphatic rings. The summed E-state index contributed by atoms with van der Waals surface area (Å²) in [7, 11) is 1.50. The van der Waals surface area contributed by atoms with Crippen molar-refractivity contribution in [3.8, 4) is 5.75 Å². The van der Waals surface area contributed by atoms with Crippen molar-refractivity contribution >= 4 is 29.3 Å². The van der Waals surface area contributed by atoms with E-state index in [0.717, 1.165) is 5.65 Å². The molecule has 1 atom stereocenters. The van der Waals surface area contributed by atoms with Gasteiger partial charge in [0.2, 0.25) is 0 Å². The number of hydrogen-bond acceptors (Lipinski definition) is 6. The number of methoxy groups -OCH3 is 1. The number of aromatic nitrogens is 2. The number of carbonyl (C=O) groups is 2. The maximum absolute atomic E-state index is 12.7. The third-order valence-electron chi connectivity index (χ3n) is 4.33. The van der Waals surface area contributed by atoms with Gasteiger partial charge in [-0.05, 0) is 42.7 Å². The van der Waals surface area contributed by atoms with Gasteiger partial charge >= 0.3 is 5.97 Å². The van der Waals surface area contributed by atoms with E-state index in [1.807, 2.05) is 41.2 Å². The first kappa shape index (κ1) is 20.7. The zero-order chi connectivity index (χ0) is 20.6. The van der Waals surface area contributed by atoms with Crippen LogP contribution in [0.3, 0.4) is 0 Å². The minimum absolute atomic E-state index is 0.0425. The summed E-state index contributed by atoms with van der Waals surface area (Å²) in [4.78, 5) is 29.7. The minimum atomic E-state index is -0.753. The van der Waals surface area contributed by atoms with Gasteiger partial charge in [0, 0.05) is 12.4 Å². The van der Waals surface area contributed by atoms with Crippen LogP contribution in [0.25, 0.3) is 5.65 Å². The summed E-state index contributed by atoms with van der Waals surface area (Å²) in [5, 5.41) is 2.77. The molecular formula is C21H23N3O4S. The van der Waals surface area contributed by atoms with Crippen LogP contribution >= 0.6 is 11.8 Å². The van der Waals surface area contributed by atoms with Gasteiger partial charge < -0.3 is 19.2 Å². The highest BCUT2D eigenvalue weighted by Gasteiger charge is 2.24. The average Bonchev–Trinajstić information content (AvgIpc) is 3.17. The van der Waals surface area contributed by atoms with Crippen LogP contribution in [0.15, 0.2) is 54.9 Å².